The Labute approximate surface area is 99.8 Å². The summed E-state index contributed by atoms with van der Waals surface area (Å²) in [5.74, 6) is 0. The van der Waals surface area contributed by atoms with Gasteiger partial charge in [0.1, 0.15) is 6.61 Å². The second-order valence-corrected chi connectivity index (χ2v) is 4.00. The van der Waals surface area contributed by atoms with Crippen LogP contribution in [0.15, 0.2) is 23.4 Å². The van der Waals surface area contributed by atoms with E-state index in [1.54, 1.807) is 6.07 Å². The van der Waals surface area contributed by atoms with E-state index in [4.69, 9.17) is 28.0 Å². The van der Waals surface area contributed by atoms with Crippen molar-refractivity contribution in [3.05, 3.63) is 33.8 Å². The summed E-state index contributed by atoms with van der Waals surface area (Å²) in [4.78, 5) is 4.95. The van der Waals surface area contributed by atoms with Crippen molar-refractivity contribution in [3.63, 3.8) is 0 Å². The van der Waals surface area contributed by atoms with Gasteiger partial charge in [-0.1, -0.05) is 34.4 Å². The largest absolute Gasteiger partial charge is 0.396 e. The molecule has 15 heavy (non-hydrogen) atoms. The van der Waals surface area contributed by atoms with E-state index in [1.807, 2.05) is 26.0 Å². The summed E-state index contributed by atoms with van der Waals surface area (Å²) < 4.78 is 0. The molecule has 0 saturated carbocycles. The maximum atomic E-state index is 6.03. The first-order chi connectivity index (χ1) is 7.13. The molecule has 2 nitrogen and oxygen atoms in total. The number of rotatable bonds is 4. The monoisotopic (exact) mass is 245 g/mol. The third kappa shape index (κ3) is 4.10. The zero-order valence-corrected chi connectivity index (χ0v) is 10.3. The molecule has 1 aromatic rings. The molecule has 0 bridgehead atoms. The van der Waals surface area contributed by atoms with Crippen molar-refractivity contribution in [2.24, 2.45) is 5.16 Å². The fraction of sp³-hybridized carbons (Fsp3) is 0.364. The zero-order valence-electron chi connectivity index (χ0n) is 8.76. The van der Waals surface area contributed by atoms with E-state index < -0.39 is 0 Å². The van der Waals surface area contributed by atoms with Crippen LogP contribution in [0.1, 0.15) is 19.4 Å². The molecule has 0 spiro atoms. The lowest BCUT2D eigenvalue weighted by molar-refractivity contribution is 0.158. The summed E-state index contributed by atoms with van der Waals surface area (Å²) in [6.07, 6.45) is 0.677. The normalized spacial score (nSPS) is 11.6. The SMILES string of the molecule is CCON=C(C)Cc1ccc(Cl)cc1Cl. The van der Waals surface area contributed by atoms with Gasteiger partial charge in [-0.05, 0) is 31.5 Å². The standard InChI is InChI=1S/C11H13Cl2NO/c1-3-15-14-8(2)6-9-4-5-10(12)7-11(9)13/h4-5,7H,3,6H2,1-2H3. The Bertz CT molecular complexity index is 364. The fourth-order valence-electron chi connectivity index (χ4n) is 1.15. The van der Waals surface area contributed by atoms with Gasteiger partial charge in [0.25, 0.3) is 0 Å². The number of benzene rings is 1. The summed E-state index contributed by atoms with van der Waals surface area (Å²) in [6, 6.07) is 5.44. The third-order valence-electron chi connectivity index (χ3n) is 1.81. The van der Waals surface area contributed by atoms with Gasteiger partial charge in [-0.15, -0.1) is 0 Å². The molecule has 0 N–H and O–H groups in total. The quantitative estimate of drug-likeness (QED) is 0.582. The molecule has 1 aromatic carbocycles. The predicted octanol–water partition coefficient (Wildman–Crippen LogP) is 3.95. The van der Waals surface area contributed by atoms with Crippen LogP contribution in [0.2, 0.25) is 10.0 Å². The molecule has 0 radical (unpaired) electrons. The van der Waals surface area contributed by atoms with Crippen LogP contribution in [0.25, 0.3) is 0 Å². The molecule has 0 atom stereocenters. The first kappa shape index (κ1) is 12.3. The Hall–Kier alpha value is -0.730. The summed E-state index contributed by atoms with van der Waals surface area (Å²) >= 11 is 11.8. The van der Waals surface area contributed by atoms with E-state index in [2.05, 4.69) is 5.16 Å². The van der Waals surface area contributed by atoms with Crippen LogP contribution in [0.4, 0.5) is 0 Å². The second-order valence-electron chi connectivity index (χ2n) is 3.16. The maximum Gasteiger partial charge on any atom is 0.114 e. The summed E-state index contributed by atoms with van der Waals surface area (Å²) in [5.41, 5.74) is 1.89. The van der Waals surface area contributed by atoms with Crippen LogP contribution < -0.4 is 0 Å². The Kier molecular flexibility index (Phi) is 4.92. The highest BCUT2D eigenvalue weighted by atomic mass is 35.5. The fourth-order valence-corrected chi connectivity index (χ4v) is 1.62. The van der Waals surface area contributed by atoms with Gasteiger partial charge in [0.15, 0.2) is 0 Å². The summed E-state index contributed by atoms with van der Waals surface area (Å²) in [7, 11) is 0. The number of hydrogen-bond donors (Lipinski definition) is 0. The number of halogens is 2. The molecular weight excluding hydrogens is 233 g/mol. The van der Waals surface area contributed by atoms with E-state index in [-0.39, 0.29) is 0 Å². The van der Waals surface area contributed by atoms with E-state index in [0.29, 0.717) is 23.1 Å². The topological polar surface area (TPSA) is 21.6 Å². The lowest BCUT2D eigenvalue weighted by atomic mass is 10.1. The van der Waals surface area contributed by atoms with Crippen LogP contribution in [0, 0.1) is 0 Å². The minimum atomic E-state index is 0.575. The Morgan fingerprint density at radius 1 is 1.40 bits per heavy atom. The minimum absolute atomic E-state index is 0.575. The van der Waals surface area contributed by atoms with Gasteiger partial charge in [0.2, 0.25) is 0 Å². The smallest absolute Gasteiger partial charge is 0.114 e. The van der Waals surface area contributed by atoms with Gasteiger partial charge >= 0.3 is 0 Å². The summed E-state index contributed by atoms with van der Waals surface area (Å²) in [5, 5.41) is 5.23. The lowest BCUT2D eigenvalue weighted by Crippen LogP contribution is -1.99. The average molecular weight is 246 g/mol. The van der Waals surface area contributed by atoms with Crippen molar-refractivity contribution in [2.45, 2.75) is 20.3 Å². The van der Waals surface area contributed by atoms with E-state index >= 15 is 0 Å². The number of nitrogens with zero attached hydrogens (tertiary/aromatic N) is 1. The van der Waals surface area contributed by atoms with Crippen LogP contribution >= 0.6 is 23.2 Å². The van der Waals surface area contributed by atoms with Gasteiger partial charge < -0.3 is 4.84 Å². The van der Waals surface area contributed by atoms with Crippen LogP contribution in [-0.2, 0) is 11.3 Å². The average Bonchev–Trinajstić information content (AvgIpc) is 2.19. The Balaban J connectivity index is 2.72. The highest BCUT2D eigenvalue weighted by molar-refractivity contribution is 6.35. The molecule has 0 aromatic heterocycles. The summed E-state index contributed by atoms with van der Waals surface area (Å²) in [6.45, 7) is 4.37. The molecule has 0 heterocycles. The lowest BCUT2D eigenvalue weighted by Gasteiger charge is -2.04. The first-order valence-electron chi connectivity index (χ1n) is 4.73. The predicted molar refractivity (Wildman–Crippen MR) is 64.9 cm³/mol. The molecule has 82 valence electrons. The van der Waals surface area contributed by atoms with Gasteiger partial charge in [-0.2, -0.15) is 0 Å². The van der Waals surface area contributed by atoms with Gasteiger partial charge in [-0.3, -0.25) is 0 Å². The number of oxime groups is 1. The van der Waals surface area contributed by atoms with Gasteiger partial charge in [-0.25, -0.2) is 0 Å². The molecule has 4 heteroatoms. The van der Waals surface area contributed by atoms with Crippen LogP contribution in [-0.4, -0.2) is 12.3 Å². The van der Waals surface area contributed by atoms with Crippen molar-refractivity contribution >= 4 is 28.9 Å². The molecule has 0 aliphatic carbocycles. The second kappa shape index (κ2) is 5.99. The van der Waals surface area contributed by atoms with Gasteiger partial charge in [0.05, 0.1) is 5.71 Å². The van der Waals surface area contributed by atoms with Crippen molar-refractivity contribution in [1.82, 2.24) is 0 Å². The molecular formula is C11H13Cl2NO. The molecule has 0 fully saturated rings. The van der Waals surface area contributed by atoms with Crippen LogP contribution in [0.3, 0.4) is 0 Å². The molecule has 0 aliphatic heterocycles. The highest BCUT2D eigenvalue weighted by Crippen LogP contribution is 2.21. The molecule has 1 rings (SSSR count). The Morgan fingerprint density at radius 2 is 2.13 bits per heavy atom. The minimum Gasteiger partial charge on any atom is -0.396 e. The van der Waals surface area contributed by atoms with Crippen molar-refractivity contribution in [1.29, 1.82) is 0 Å². The Morgan fingerprint density at radius 3 is 2.73 bits per heavy atom. The molecule has 0 aliphatic rings. The molecule has 0 amide bonds. The van der Waals surface area contributed by atoms with E-state index in [9.17, 15) is 0 Å². The van der Waals surface area contributed by atoms with Crippen LogP contribution in [0.5, 0.6) is 0 Å². The zero-order chi connectivity index (χ0) is 11.3. The molecule has 0 saturated heterocycles. The van der Waals surface area contributed by atoms with Crippen molar-refractivity contribution < 1.29 is 4.84 Å². The highest BCUT2D eigenvalue weighted by Gasteiger charge is 2.03. The number of hydrogen-bond acceptors (Lipinski definition) is 2. The third-order valence-corrected chi connectivity index (χ3v) is 2.40. The van der Waals surface area contributed by atoms with Crippen molar-refractivity contribution in [3.8, 4) is 0 Å². The van der Waals surface area contributed by atoms with E-state index in [0.717, 1.165) is 11.3 Å². The maximum absolute atomic E-state index is 6.03. The van der Waals surface area contributed by atoms with Crippen molar-refractivity contribution in [2.75, 3.05) is 6.61 Å². The molecule has 0 unspecified atom stereocenters. The van der Waals surface area contributed by atoms with E-state index in [1.165, 1.54) is 0 Å². The first-order valence-corrected chi connectivity index (χ1v) is 5.48. The van der Waals surface area contributed by atoms with Gasteiger partial charge in [0, 0.05) is 16.5 Å².